The van der Waals surface area contributed by atoms with Crippen LogP contribution in [0.4, 0.5) is 0 Å². The van der Waals surface area contributed by atoms with Crippen molar-refractivity contribution >= 4 is 11.8 Å². The molecule has 0 saturated heterocycles. The van der Waals surface area contributed by atoms with Crippen LogP contribution in [0.5, 0.6) is 0 Å². The summed E-state index contributed by atoms with van der Waals surface area (Å²) in [5.41, 5.74) is -4.54. The van der Waals surface area contributed by atoms with E-state index in [1.807, 2.05) is 13.8 Å². The van der Waals surface area contributed by atoms with Crippen molar-refractivity contribution in [2.45, 2.75) is 141 Å². The smallest absolute Gasteiger partial charge is 0.306 e. The van der Waals surface area contributed by atoms with E-state index in [2.05, 4.69) is 6.92 Å². The molecule has 0 aromatic heterocycles. The van der Waals surface area contributed by atoms with Crippen molar-refractivity contribution in [3.05, 3.63) is 23.3 Å². The van der Waals surface area contributed by atoms with Gasteiger partial charge in [-0.1, -0.05) is 104 Å². The van der Waals surface area contributed by atoms with Gasteiger partial charge >= 0.3 is 5.97 Å². The molecule has 4 aliphatic rings. The molecule has 7 nitrogen and oxygen atoms in total. The number of ether oxygens (including phenoxy) is 1. The highest BCUT2D eigenvalue weighted by Gasteiger charge is 2.86. The Morgan fingerprint density at radius 3 is 2.10 bits per heavy atom. The largest absolute Gasteiger partial charge is 0.455 e. The number of carbonyl (C=O) groups is 2. The van der Waals surface area contributed by atoms with Crippen molar-refractivity contribution in [3.8, 4) is 0 Å². The Hall–Kier alpha value is -1.54. The van der Waals surface area contributed by atoms with Gasteiger partial charge < -0.3 is 25.2 Å². The molecule has 0 radical (unpaired) electrons. The predicted molar refractivity (Wildman–Crippen MR) is 158 cm³/mol. The molecule has 0 aliphatic heterocycles. The Morgan fingerprint density at radius 1 is 0.976 bits per heavy atom. The molecule has 2 fully saturated rings. The Kier molecular flexibility index (Phi) is 9.65. The van der Waals surface area contributed by atoms with Crippen LogP contribution >= 0.6 is 0 Å². The molecule has 232 valence electrons. The number of hydrogen-bond acceptors (Lipinski definition) is 7. The Bertz CT molecular complexity index is 1050. The third-order valence-electron chi connectivity index (χ3n) is 11.3. The molecule has 7 heteroatoms. The second-order valence-corrected chi connectivity index (χ2v) is 14.1. The van der Waals surface area contributed by atoms with Crippen LogP contribution in [0.1, 0.15) is 118 Å². The first kappa shape index (κ1) is 32.4. The van der Waals surface area contributed by atoms with Crippen molar-refractivity contribution in [3.63, 3.8) is 0 Å². The summed E-state index contributed by atoms with van der Waals surface area (Å²) in [6.07, 6.45) is 15.5. The second-order valence-electron chi connectivity index (χ2n) is 14.1. The molecular formula is C34H54O7. The first-order valence-corrected chi connectivity index (χ1v) is 16.2. The topological polar surface area (TPSA) is 124 Å². The molecule has 0 bridgehead atoms. The van der Waals surface area contributed by atoms with Crippen molar-refractivity contribution in [2.75, 3.05) is 6.61 Å². The van der Waals surface area contributed by atoms with E-state index in [1.165, 1.54) is 51.4 Å². The minimum atomic E-state index is -1.89. The molecule has 0 aromatic rings. The SMILES string of the molecule is CCCCCCCCCCCCCC(=O)O[C@@]12[C@H](O)[C@@H](C)[C@@]3(O)C(C=C(CO)C[C@]4(O)C(=O)C(C)=C[C@@H]34)[C@@H]1C2(C)C. The Labute approximate surface area is 246 Å². The number of esters is 1. The third-order valence-corrected chi connectivity index (χ3v) is 11.3. The van der Waals surface area contributed by atoms with Crippen molar-refractivity contribution < 1.29 is 34.8 Å². The van der Waals surface area contributed by atoms with Gasteiger partial charge in [-0.05, 0) is 24.5 Å². The summed E-state index contributed by atoms with van der Waals surface area (Å²) in [5, 5.41) is 45.9. The number of fused-ring (bicyclic) bond motifs is 5. The van der Waals surface area contributed by atoms with Crippen LogP contribution in [0.3, 0.4) is 0 Å². The monoisotopic (exact) mass is 574 g/mol. The summed E-state index contributed by atoms with van der Waals surface area (Å²) in [6, 6.07) is 0. The number of aliphatic hydroxyl groups is 4. The molecule has 4 aliphatic carbocycles. The van der Waals surface area contributed by atoms with Gasteiger partial charge in [-0.3, -0.25) is 9.59 Å². The quantitative estimate of drug-likeness (QED) is 0.128. The lowest BCUT2D eigenvalue weighted by Crippen LogP contribution is -2.65. The van der Waals surface area contributed by atoms with Crippen LogP contribution in [0, 0.1) is 29.1 Å². The standard InChI is InChI=1S/C34H54O7/c1-6-7-8-9-10-11-12-13-14-15-16-17-27(36)41-34-28(31(34,4)5)25-19-24(21-35)20-32(39)26(18-22(2)29(32)37)33(25,40)23(3)30(34)38/h18-19,23,25-26,28,30,35,38-40H,6-17,20-21H2,1-5H3/t23-,25?,26-,28-,30-,32-,33-,34-/m1/s1. The molecule has 4 N–H and O–H groups in total. The molecule has 0 heterocycles. The van der Waals surface area contributed by atoms with E-state index in [-0.39, 0.29) is 25.4 Å². The van der Waals surface area contributed by atoms with Gasteiger partial charge in [0.25, 0.3) is 0 Å². The number of ketones is 1. The number of Topliss-reactive ketones (excluding diaryl/α,β-unsaturated/α-hetero) is 1. The lowest BCUT2D eigenvalue weighted by molar-refractivity contribution is -0.219. The Balaban J connectivity index is 1.41. The zero-order valence-electron chi connectivity index (χ0n) is 26.0. The van der Waals surface area contributed by atoms with E-state index in [0.717, 1.165) is 19.3 Å². The van der Waals surface area contributed by atoms with Gasteiger partial charge in [-0.25, -0.2) is 0 Å². The Morgan fingerprint density at radius 2 is 1.54 bits per heavy atom. The highest BCUT2D eigenvalue weighted by Crippen LogP contribution is 2.76. The second kappa shape index (κ2) is 12.2. The fourth-order valence-electron chi connectivity index (χ4n) is 8.84. The first-order valence-electron chi connectivity index (χ1n) is 16.2. The van der Waals surface area contributed by atoms with Crippen LogP contribution in [0.25, 0.3) is 0 Å². The normalized spacial score (nSPS) is 38.8. The van der Waals surface area contributed by atoms with Crippen LogP contribution in [-0.2, 0) is 14.3 Å². The lowest BCUT2D eigenvalue weighted by atomic mass is 9.59. The van der Waals surface area contributed by atoms with Gasteiger partial charge in [0.1, 0.15) is 11.2 Å². The van der Waals surface area contributed by atoms with Crippen molar-refractivity contribution in [1.29, 1.82) is 0 Å². The molecule has 0 amide bonds. The van der Waals surface area contributed by atoms with Crippen molar-refractivity contribution in [1.82, 2.24) is 0 Å². The molecule has 8 atom stereocenters. The van der Waals surface area contributed by atoms with Gasteiger partial charge in [0.05, 0.1) is 18.3 Å². The van der Waals surface area contributed by atoms with E-state index in [4.69, 9.17) is 4.74 Å². The average Bonchev–Trinajstić information content (AvgIpc) is 3.36. The number of aliphatic hydroxyl groups excluding tert-OH is 2. The molecular weight excluding hydrogens is 520 g/mol. The van der Waals surface area contributed by atoms with Crippen LogP contribution in [0.2, 0.25) is 0 Å². The highest BCUT2D eigenvalue weighted by molar-refractivity contribution is 6.04. The molecule has 0 spiro atoms. The van der Waals surface area contributed by atoms with E-state index < -0.39 is 57.8 Å². The number of rotatable bonds is 14. The van der Waals surface area contributed by atoms with E-state index in [1.54, 1.807) is 26.0 Å². The summed E-state index contributed by atoms with van der Waals surface area (Å²) < 4.78 is 6.19. The van der Waals surface area contributed by atoms with Gasteiger partial charge in [0.15, 0.2) is 5.78 Å². The van der Waals surface area contributed by atoms with E-state index in [9.17, 15) is 30.0 Å². The summed E-state index contributed by atoms with van der Waals surface area (Å²) >= 11 is 0. The average molecular weight is 575 g/mol. The molecule has 4 rings (SSSR count). The summed E-state index contributed by atoms with van der Waals surface area (Å²) in [6.45, 7) is 9.10. The van der Waals surface area contributed by atoms with Crippen LogP contribution in [-0.4, -0.2) is 61.7 Å². The maximum Gasteiger partial charge on any atom is 0.306 e. The van der Waals surface area contributed by atoms with E-state index >= 15 is 0 Å². The molecule has 1 unspecified atom stereocenters. The lowest BCUT2D eigenvalue weighted by Gasteiger charge is -2.52. The third kappa shape index (κ3) is 5.27. The summed E-state index contributed by atoms with van der Waals surface area (Å²) in [4.78, 5) is 26.2. The van der Waals surface area contributed by atoms with Crippen LogP contribution < -0.4 is 0 Å². The fraction of sp³-hybridized carbons (Fsp3) is 0.824. The molecule has 0 aromatic carbocycles. The minimum Gasteiger partial charge on any atom is -0.455 e. The zero-order valence-corrected chi connectivity index (χ0v) is 26.0. The zero-order chi connectivity index (χ0) is 30.2. The van der Waals surface area contributed by atoms with Gasteiger partial charge in [-0.2, -0.15) is 0 Å². The number of carbonyl (C=O) groups excluding carboxylic acids is 2. The molecule has 2 saturated carbocycles. The first-order chi connectivity index (χ1) is 19.3. The summed E-state index contributed by atoms with van der Waals surface area (Å²) in [7, 11) is 0. The predicted octanol–water partition coefficient (Wildman–Crippen LogP) is 5.18. The minimum absolute atomic E-state index is 0.0821. The van der Waals surface area contributed by atoms with Crippen LogP contribution in [0.15, 0.2) is 23.3 Å². The summed E-state index contributed by atoms with van der Waals surface area (Å²) in [5.74, 6) is -3.60. The fourth-order valence-corrected chi connectivity index (χ4v) is 8.84. The molecule has 41 heavy (non-hydrogen) atoms. The van der Waals surface area contributed by atoms with Gasteiger partial charge in [-0.15, -0.1) is 0 Å². The maximum atomic E-state index is 13.1. The highest BCUT2D eigenvalue weighted by atomic mass is 16.6. The van der Waals surface area contributed by atoms with Gasteiger partial charge in [0.2, 0.25) is 0 Å². The number of unbranched alkanes of at least 4 members (excludes halogenated alkanes) is 10. The van der Waals surface area contributed by atoms with Crippen molar-refractivity contribution in [2.24, 2.45) is 29.1 Å². The van der Waals surface area contributed by atoms with E-state index in [0.29, 0.717) is 11.1 Å². The van der Waals surface area contributed by atoms with Gasteiger partial charge in [0, 0.05) is 41.9 Å². The maximum absolute atomic E-state index is 13.1. The number of hydrogen-bond donors (Lipinski definition) is 4.